The molecule has 0 spiro atoms. The molecule has 5 nitrogen and oxygen atoms in total. The van der Waals surface area contributed by atoms with E-state index in [1.54, 1.807) is 22.7 Å². The van der Waals surface area contributed by atoms with E-state index in [-0.39, 0.29) is 0 Å². The third kappa shape index (κ3) is 1.96. The Kier molecular flexibility index (Phi) is 2.99. The fraction of sp³-hybridized carbons (Fsp3) is 0.143. The Morgan fingerprint density at radius 1 is 1.40 bits per heavy atom. The molecule has 0 amide bonds. The summed E-state index contributed by atoms with van der Waals surface area (Å²) in [6.07, 6.45) is 1.72. The minimum absolute atomic E-state index is 0.305. The van der Waals surface area contributed by atoms with Crippen molar-refractivity contribution in [2.24, 2.45) is 0 Å². The van der Waals surface area contributed by atoms with Crippen LogP contribution in [0.4, 0.5) is 0 Å². The predicted molar refractivity (Wildman–Crippen MR) is 74.0 cm³/mol. The normalized spacial score (nSPS) is 10.9. The third-order valence-electron chi connectivity index (χ3n) is 2.98. The molecule has 0 atom stereocenters. The highest BCUT2D eigenvalue weighted by atomic mass is 35.5. The monoisotopic (exact) mass is 290 g/mol. The molecule has 20 heavy (non-hydrogen) atoms. The van der Waals surface area contributed by atoms with Crippen LogP contribution in [-0.4, -0.2) is 22.5 Å². The lowest BCUT2D eigenvalue weighted by Crippen LogP contribution is -2.01. The van der Waals surface area contributed by atoms with Crippen LogP contribution in [0.2, 0.25) is 5.15 Å². The van der Waals surface area contributed by atoms with E-state index in [9.17, 15) is 4.79 Å². The van der Waals surface area contributed by atoms with Crippen molar-refractivity contribution in [1.82, 2.24) is 9.38 Å². The van der Waals surface area contributed by atoms with Gasteiger partial charge in [-0.1, -0.05) is 11.6 Å². The highest BCUT2D eigenvalue weighted by Gasteiger charge is 2.16. The van der Waals surface area contributed by atoms with Crippen molar-refractivity contribution in [2.75, 3.05) is 7.11 Å². The average Bonchev–Trinajstić information content (AvgIpc) is 3.02. The number of halogens is 1. The number of fused-ring (bicyclic) bond motifs is 1. The van der Waals surface area contributed by atoms with Crippen LogP contribution in [0.15, 0.2) is 34.9 Å². The third-order valence-corrected chi connectivity index (χ3v) is 3.26. The van der Waals surface area contributed by atoms with Gasteiger partial charge in [-0.15, -0.1) is 0 Å². The average molecular weight is 291 g/mol. The first-order chi connectivity index (χ1) is 9.60. The fourth-order valence-corrected chi connectivity index (χ4v) is 2.25. The Morgan fingerprint density at radius 2 is 2.20 bits per heavy atom. The first kappa shape index (κ1) is 12.7. The van der Waals surface area contributed by atoms with E-state index in [0.29, 0.717) is 27.8 Å². The Morgan fingerprint density at radius 3 is 2.85 bits per heavy atom. The van der Waals surface area contributed by atoms with Crippen molar-refractivity contribution in [2.45, 2.75) is 6.92 Å². The van der Waals surface area contributed by atoms with Gasteiger partial charge in [0.1, 0.15) is 5.76 Å². The number of methoxy groups -OCH3 is 1. The van der Waals surface area contributed by atoms with Crippen LogP contribution in [0.1, 0.15) is 16.1 Å². The molecule has 3 aromatic heterocycles. The maximum absolute atomic E-state index is 11.5. The van der Waals surface area contributed by atoms with Gasteiger partial charge < -0.3 is 9.15 Å². The lowest BCUT2D eigenvalue weighted by Gasteiger charge is -2.01. The summed E-state index contributed by atoms with van der Waals surface area (Å²) in [6, 6.07) is 6.97. The van der Waals surface area contributed by atoms with E-state index >= 15 is 0 Å². The zero-order valence-corrected chi connectivity index (χ0v) is 11.6. The Balaban J connectivity index is 2.19. The quantitative estimate of drug-likeness (QED) is 0.679. The summed E-state index contributed by atoms with van der Waals surface area (Å²) in [5.74, 6) is 1.59. The smallest absolute Gasteiger partial charge is 0.337 e. The first-order valence-electron chi connectivity index (χ1n) is 5.93. The van der Waals surface area contributed by atoms with Crippen molar-refractivity contribution in [1.29, 1.82) is 0 Å². The molecule has 0 bridgehead atoms. The summed E-state index contributed by atoms with van der Waals surface area (Å²) in [4.78, 5) is 15.8. The van der Waals surface area contributed by atoms with Gasteiger partial charge in [0, 0.05) is 6.20 Å². The number of esters is 1. The maximum Gasteiger partial charge on any atom is 0.337 e. The lowest BCUT2D eigenvalue weighted by molar-refractivity contribution is 0.0601. The van der Waals surface area contributed by atoms with Gasteiger partial charge in [0.25, 0.3) is 0 Å². The zero-order chi connectivity index (χ0) is 14.3. The van der Waals surface area contributed by atoms with Crippen LogP contribution >= 0.6 is 11.6 Å². The number of pyridine rings is 1. The molecule has 3 rings (SSSR count). The van der Waals surface area contributed by atoms with E-state index in [1.165, 1.54) is 7.11 Å². The van der Waals surface area contributed by atoms with Crippen LogP contribution in [0.3, 0.4) is 0 Å². The molecule has 0 fully saturated rings. The van der Waals surface area contributed by atoms with Crippen LogP contribution in [-0.2, 0) is 4.74 Å². The highest BCUT2D eigenvalue weighted by Crippen LogP contribution is 2.27. The number of carbonyl (C=O) groups is 1. The summed E-state index contributed by atoms with van der Waals surface area (Å²) in [5, 5.41) is 0.305. The van der Waals surface area contributed by atoms with E-state index in [0.717, 1.165) is 5.76 Å². The number of furan rings is 1. The van der Waals surface area contributed by atoms with Crippen LogP contribution in [0, 0.1) is 6.92 Å². The molecule has 0 aliphatic rings. The van der Waals surface area contributed by atoms with Gasteiger partial charge in [0.15, 0.2) is 16.7 Å². The molecule has 0 aliphatic carbocycles. The minimum atomic E-state index is -0.417. The number of rotatable bonds is 2. The summed E-state index contributed by atoms with van der Waals surface area (Å²) in [7, 11) is 1.33. The van der Waals surface area contributed by atoms with E-state index in [4.69, 9.17) is 16.0 Å². The van der Waals surface area contributed by atoms with Crippen molar-refractivity contribution in [3.63, 3.8) is 0 Å². The molecule has 0 radical (unpaired) electrons. The largest absolute Gasteiger partial charge is 0.465 e. The number of hydrogen-bond acceptors (Lipinski definition) is 4. The molecular weight excluding hydrogens is 280 g/mol. The minimum Gasteiger partial charge on any atom is -0.465 e. The SMILES string of the molecule is COC(=O)c1ccn2c(-c3ccc(C)o3)nc(Cl)c2c1. The van der Waals surface area contributed by atoms with Gasteiger partial charge in [-0.05, 0) is 31.2 Å². The number of hydrogen-bond donors (Lipinski definition) is 0. The second-order valence-corrected chi connectivity index (χ2v) is 4.66. The van der Waals surface area contributed by atoms with Crippen LogP contribution in [0.25, 0.3) is 17.1 Å². The number of aryl methyl sites for hydroxylation is 1. The molecule has 6 heteroatoms. The van der Waals surface area contributed by atoms with Crippen molar-refractivity contribution in [3.05, 3.63) is 46.9 Å². The van der Waals surface area contributed by atoms with Gasteiger partial charge in [0.05, 0.1) is 18.2 Å². The first-order valence-corrected chi connectivity index (χ1v) is 6.30. The van der Waals surface area contributed by atoms with Gasteiger partial charge in [-0.2, -0.15) is 0 Å². The second-order valence-electron chi connectivity index (χ2n) is 4.30. The summed E-state index contributed by atoms with van der Waals surface area (Å²) < 4.78 is 12.0. The molecule has 3 aromatic rings. The molecule has 0 unspecified atom stereocenters. The summed E-state index contributed by atoms with van der Waals surface area (Å²) >= 11 is 6.13. The van der Waals surface area contributed by atoms with E-state index in [2.05, 4.69) is 9.72 Å². The van der Waals surface area contributed by atoms with Crippen LogP contribution < -0.4 is 0 Å². The molecule has 0 N–H and O–H groups in total. The van der Waals surface area contributed by atoms with Crippen molar-refractivity contribution >= 4 is 23.1 Å². The van der Waals surface area contributed by atoms with Crippen LogP contribution in [0.5, 0.6) is 0 Å². The van der Waals surface area contributed by atoms with Crippen molar-refractivity contribution in [3.8, 4) is 11.6 Å². The van der Waals surface area contributed by atoms with Gasteiger partial charge >= 0.3 is 5.97 Å². The molecule has 0 saturated heterocycles. The number of carbonyl (C=O) groups excluding carboxylic acids is 1. The van der Waals surface area contributed by atoms with E-state index < -0.39 is 5.97 Å². The molecule has 0 aromatic carbocycles. The second kappa shape index (κ2) is 4.68. The summed E-state index contributed by atoms with van der Waals surface area (Å²) in [5.41, 5.74) is 1.04. The Bertz CT molecular complexity index is 804. The molecule has 0 saturated carbocycles. The number of nitrogens with zero attached hydrogens (tertiary/aromatic N) is 2. The van der Waals surface area contributed by atoms with Crippen molar-refractivity contribution < 1.29 is 13.9 Å². The van der Waals surface area contributed by atoms with Gasteiger partial charge in [0.2, 0.25) is 0 Å². The summed E-state index contributed by atoms with van der Waals surface area (Å²) in [6.45, 7) is 1.86. The topological polar surface area (TPSA) is 56.7 Å². The Hall–Kier alpha value is -2.27. The van der Waals surface area contributed by atoms with Gasteiger partial charge in [-0.25, -0.2) is 9.78 Å². The molecule has 3 heterocycles. The maximum atomic E-state index is 11.5. The molecule has 0 aliphatic heterocycles. The zero-order valence-electron chi connectivity index (χ0n) is 10.9. The highest BCUT2D eigenvalue weighted by molar-refractivity contribution is 6.33. The number of aromatic nitrogens is 2. The lowest BCUT2D eigenvalue weighted by atomic mass is 10.2. The molecular formula is C14H11ClN2O3. The standard InChI is InChI=1S/C14H11ClN2O3/c1-8-3-4-11(20-8)13-16-12(15)10-7-9(14(18)19-2)5-6-17(10)13/h3-7H,1-2H3. The molecule has 102 valence electrons. The van der Waals surface area contributed by atoms with E-state index in [1.807, 2.05) is 19.1 Å². The fourth-order valence-electron chi connectivity index (χ4n) is 2.02. The number of imidazole rings is 1. The number of ether oxygens (including phenoxy) is 1. The van der Waals surface area contributed by atoms with Gasteiger partial charge in [-0.3, -0.25) is 4.40 Å². The Labute approximate surface area is 119 Å². The predicted octanol–water partition coefficient (Wildman–Crippen LogP) is 3.34.